The van der Waals surface area contributed by atoms with Gasteiger partial charge in [-0.05, 0) is 68.1 Å². The zero-order chi connectivity index (χ0) is 25.1. The van der Waals surface area contributed by atoms with Crippen LogP contribution in [0.5, 0.6) is 5.75 Å². The number of aryl methyl sites for hydroxylation is 1. The second-order valence-corrected chi connectivity index (χ2v) is 11.2. The number of fused-ring (bicyclic) bond motifs is 1. The molecule has 36 heavy (non-hydrogen) atoms. The molecule has 1 saturated heterocycles. The maximum absolute atomic E-state index is 13.5. The lowest BCUT2D eigenvalue weighted by Crippen LogP contribution is -2.50. The standard InChI is InChI=1S/C28H31N3O4S/c1-21-9-15-24(16-10-21)36(33,34)31-20-27(35-26-8-4-3-7-25(26)31)28(32)29-19-22-11-13-23(14-12-22)30-17-5-2-6-18-30/h3-4,7-16,27H,2,5-6,17-20H2,1H3,(H,29,32)/t27-/m1/s1. The lowest BCUT2D eigenvalue weighted by molar-refractivity contribution is -0.127. The number of ether oxygens (including phenoxy) is 1. The van der Waals surface area contributed by atoms with Crippen molar-refractivity contribution in [3.8, 4) is 5.75 Å². The average molecular weight is 506 g/mol. The summed E-state index contributed by atoms with van der Waals surface area (Å²) in [6.45, 7) is 4.30. The molecule has 3 aromatic carbocycles. The van der Waals surface area contributed by atoms with E-state index in [0.717, 1.165) is 24.2 Å². The van der Waals surface area contributed by atoms with Crippen LogP contribution in [0.1, 0.15) is 30.4 Å². The first kappa shape index (κ1) is 24.2. The quantitative estimate of drug-likeness (QED) is 0.542. The van der Waals surface area contributed by atoms with E-state index < -0.39 is 16.1 Å². The molecule has 0 saturated carbocycles. The maximum atomic E-state index is 13.5. The van der Waals surface area contributed by atoms with Gasteiger partial charge in [0, 0.05) is 25.3 Å². The first-order valence-electron chi connectivity index (χ1n) is 12.4. The van der Waals surface area contributed by atoms with Crippen LogP contribution in [0.25, 0.3) is 0 Å². The van der Waals surface area contributed by atoms with E-state index in [0.29, 0.717) is 18.0 Å². The normalized spacial score (nSPS) is 17.8. The molecule has 0 spiro atoms. The van der Waals surface area contributed by atoms with Crippen LogP contribution < -0.4 is 19.3 Å². The van der Waals surface area contributed by atoms with Crippen molar-refractivity contribution < 1.29 is 17.9 Å². The minimum atomic E-state index is -3.87. The molecular formula is C28H31N3O4S. The third-order valence-corrected chi connectivity index (χ3v) is 8.55. The molecule has 1 amide bonds. The van der Waals surface area contributed by atoms with E-state index >= 15 is 0 Å². The fourth-order valence-corrected chi connectivity index (χ4v) is 6.16. The van der Waals surface area contributed by atoms with Crippen molar-refractivity contribution in [3.63, 3.8) is 0 Å². The molecule has 0 unspecified atom stereocenters. The van der Waals surface area contributed by atoms with Gasteiger partial charge in [0.1, 0.15) is 5.75 Å². The number of hydrogen-bond donors (Lipinski definition) is 1. The van der Waals surface area contributed by atoms with Gasteiger partial charge in [-0.1, -0.05) is 42.0 Å². The number of carbonyl (C=O) groups excluding carboxylic acids is 1. The summed E-state index contributed by atoms with van der Waals surface area (Å²) < 4.78 is 34.2. The molecule has 2 aliphatic rings. The highest BCUT2D eigenvalue weighted by atomic mass is 32.2. The summed E-state index contributed by atoms with van der Waals surface area (Å²) in [5.74, 6) is 0.0131. The Bertz CT molecular complexity index is 1320. The highest BCUT2D eigenvalue weighted by molar-refractivity contribution is 7.92. The van der Waals surface area contributed by atoms with E-state index in [2.05, 4.69) is 22.3 Å². The van der Waals surface area contributed by atoms with E-state index in [1.54, 1.807) is 48.5 Å². The van der Waals surface area contributed by atoms with Crippen molar-refractivity contribution >= 4 is 27.3 Å². The number of sulfonamides is 1. The first-order chi connectivity index (χ1) is 17.4. The molecule has 1 fully saturated rings. The molecule has 2 heterocycles. The zero-order valence-electron chi connectivity index (χ0n) is 20.4. The lowest BCUT2D eigenvalue weighted by Gasteiger charge is -2.34. The van der Waals surface area contributed by atoms with Crippen LogP contribution in [0.15, 0.2) is 77.7 Å². The zero-order valence-corrected chi connectivity index (χ0v) is 21.2. The van der Waals surface area contributed by atoms with Crippen LogP contribution >= 0.6 is 0 Å². The number of benzene rings is 3. The predicted molar refractivity (Wildman–Crippen MR) is 141 cm³/mol. The average Bonchev–Trinajstić information content (AvgIpc) is 2.92. The smallest absolute Gasteiger partial charge is 0.264 e. The second-order valence-electron chi connectivity index (χ2n) is 9.36. The van der Waals surface area contributed by atoms with Gasteiger partial charge in [-0.3, -0.25) is 9.10 Å². The SMILES string of the molecule is Cc1ccc(S(=O)(=O)N2C[C@H](C(=O)NCc3ccc(N4CCCCC4)cc3)Oc3ccccc32)cc1. The molecular weight excluding hydrogens is 474 g/mol. The summed E-state index contributed by atoms with van der Waals surface area (Å²) in [6.07, 6.45) is 2.77. The summed E-state index contributed by atoms with van der Waals surface area (Å²) in [5.41, 5.74) is 3.58. The third kappa shape index (κ3) is 5.04. The summed E-state index contributed by atoms with van der Waals surface area (Å²) in [6, 6.07) is 21.8. The van der Waals surface area contributed by atoms with Crippen LogP contribution in [-0.2, 0) is 21.4 Å². The van der Waals surface area contributed by atoms with E-state index in [1.807, 2.05) is 19.1 Å². The molecule has 3 aromatic rings. The molecule has 5 rings (SSSR count). The van der Waals surface area contributed by atoms with Crippen LogP contribution in [0.2, 0.25) is 0 Å². The first-order valence-corrected chi connectivity index (χ1v) is 13.8. The molecule has 0 aliphatic carbocycles. The summed E-state index contributed by atoms with van der Waals surface area (Å²) in [5, 5.41) is 2.92. The Morgan fingerprint density at radius 1 is 0.944 bits per heavy atom. The topological polar surface area (TPSA) is 79.0 Å². The van der Waals surface area contributed by atoms with Crippen molar-refractivity contribution in [1.29, 1.82) is 0 Å². The van der Waals surface area contributed by atoms with Gasteiger partial charge in [0.25, 0.3) is 15.9 Å². The van der Waals surface area contributed by atoms with Crippen LogP contribution in [-0.4, -0.2) is 40.1 Å². The minimum absolute atomic E-state index is 0.104. The van der Waals surface area contributed by atoms with Crippen molar-refractivity contribution in [2.45, 2.75) is 43.7 Å². The Balaban J connectivity index is 1.29. The second kappa shape index (κ2) is 10.2. The number of hydrogen-bond acceptors (Lipinski definition) is 5. The molecule has 7 nitrogen and oxygen atoms in total. The number of nitrogens with one attached hydrogen (secondary N) is 1. The monoisotopic (exact) mass is 505 g/mol. The van der Waals surface area contributed by atoms with Gasteiger partial charge in [-0.25, -0.2) is 8.42 Å². The number of rotatable bonds is 6. The molecule has 188 valence electrons. The van der Waals surface area contributed by atoms with Crippen molar-refractivity contribution in [2.75, 3.05) is 28.8 Å². The summed E-state index contributed by atoms with van der Waals surface area (Å²) in [7, 11) is -3.87. The van der Waals surface area contributed by atoms with Gasteiger partial charge < -0.3 is 15.0 Å². The molecule has 0 bridgehead atoms. The van der Waals surface area contributed by atoms with Gasteiger partial charge in [-0.2, -0.15) is 0 Å². The van der Waals surface area contributed by atoms with Gasteiger partial charge in [0.2, 0.25) is 0 Å². The Morgan fingerprint density at radius 3 is 2.36 bits per heavy atom. The molecule has 0 aromatic heterocycles. The third-order valence-electron chi connectivity index (χ3n) is 6.76. The molecule has 0 radical (unpaired) electrons. The molecule has 2 aliphatic heterocycles. The highest BCUT2D eigenvalue weighted by Gasteiger charge is 2.37. The van der Waals surface area contributed by atoms with Crippen molar-refractivity contribution in [1.82, 2.24) is 5.32 Å². The Hall–Kier alpha value is -3.52. The van der Waals surface area contributed by atoms with Gasteiger partial charge in [0.05, 0.1) is 17.1 Å². The number of carbonyl (C=O) groups is 1. The number of anilines is 2. The summed E-state index contributed by atoms with van der Waals surface area (Å²) in [4.78, 5) is 15.7. The van der Waals surface area contributed by atoms with Gasteiger partial charge in [0.15, 0.2) is 6.10 Å². The molecule has 1 atom stereocenters. The van der Waals surface area contributed by atoms with E-state index in [1.165, 1.54) is 29.3 Å². The van der Waals surface area contributed by atoms with Crippen LogP contribution in [0.4, 0.5) is 11.4 Å². The fraction of sp³-hybridized carbons (Fsp3) is 0.321. The van der Waals surface area contributed by atoms with E-state index in [9.17, 15) is 13.2 Å². The number of amides is 1. The van der Waals surface area contributed by atoms with Crippen LogP contribution in [0.3, 0.4) is 0 Å². The lowest BCUT2D eigenvalue weighted by atomic mass is 10.1. The Labute approximate surface area is 212 Å². The Morgan fingerprint density at radius 2 is 1.64 bits per heavy atom. The van der Waals surface area contributed by atoms with Crippen molar-refractivity contribution in [2.24, 2.45) is 0 Å². The van der Waals surface area contributed by atoms with Crippen molar-refractivity contribution in [3.05, 3.63) is 83.9 Å². The Kier molecular flexibility index (Phi) is 6.87. The minimum Gasteiger partial charge on any atom is -0.476 e. The number of para-hydroxylation sites is 2. The van der Waals surface area contributed by atoms with E-state index in [-0.39, 0.29) is 17.3 Å². The largest absolute Gasteiger partial charge is 0.476 e. The molecule has 1 N–H and O–H groups in total. The summed E-state index contributed by atoms with van der Waals surface area (Å²) >= 11 is 0. The van der Waals surface area contributed by atoms with Gasteiger partial charge >= 0.3 is 0 Å². The fourth-order valence-electron chi connectivity index (χ4n) is 4.68. The maximum Gasteiger partial charge on any atom is 0.264 e. The highest BCUT2D eigenvalue weighted by Crippen LogP contribution is 2.36. The number of piperidine rings is 1. The predicted octanol–water partition coefficient (Wildman–Crippen LogP) is 4.26. The van der Waals surface area contributed by atoms with Gasteiger partial charge in [-0.15, -0.1) is 0 Å². The number of nitrogens with zero attached hydrogens (tertiary/aromatic N) is 2. The van der Waals surface area contributed by atoms with Crippen LogP contribution in [0, 0.1) is 6.92 Å². The molecule has 8 heteroatoms. The van der Waals surface area contributed by atoms with E-state index in [4.69, 9.17) is 4.74 Å².